The smallest absolute Gasteiger partial charge is 0.141 e. The zero-order valence-electron chi connectivity index (χ0n) is 17.2. The SMILES string of the molecule is CCCCCCCCOc1ccc(C2(O)c3ccccc3-c3ccccc32)cc1. The van der Waals surface area contributed by atoms with Gasteiger partial charge in [-0.3, -0.25) is 0 Å². The first-order chi connectivity index (χ1) is 14.2. The van der Waals surface area contributed by atoms with Crippen LogP contribution in [0.4, 0.5) is 0 Å². The van der Waals surface area contributed by atoms with E-state index < -0.39 is 5.60 Å². The number of benzene rings is 3. The van der Waals surface area contributed by atoms with Crippen LogP contribution in [0.3, 0.4) is 0 Å². The molecule has 0 heterocycles. The van der Waals surface area contributed by atoms with Crippen molar-refractivity contribution < 1.29 is 9.84 Å². The molecule has 0 amide bonds. The molecule has 0 unspecified atom stereocenters. The third kappa shape index (κ3) is 3.82. The van der Waals surface area contributed by atoms with Crippen molar-refractivity contribution in [3.05, 3.63) is 89.5 Å². The minimum absolute atomic E-state index is 0.751. The maximum Gasteiger partial charge on any atom is 0.141 e. The van der Waals surface area contributed by atoms with Crippen molar-refractivity contribution in [2.75, 3.05) is 6.61 Å². The number of fused-ring (bicyclic) bond motifs is 3. The summed E-state index contributed by atoms with van der Waals surface area (Å²) < 4.78 is 5.92. The van der Waals surface area contributed by atoms with E-state index in [2.05, 4.69) is 19.1 Å². The summed E-state index contributed by atoms with van der Waals surface area (Å²) in [6.07, 6.45) is 7.55. The Morgan fingerprint density at radius 3 is 1.86 bits per heavy atom. The first-order valence-electron chi connectivity index (χ1n) is 10.9. The number of unbranched alkanes of at least 4 members (excludes halogenated alkanes) is 5. The second kappa shape index (κ2) is 8.84. The molecule has 0 saturated carbocycles. The largest absolute Gasteiger partial charge is 0.494 e. The predicted octanol–water partition coefficient (Wildman–Crippen LogP) is 6.69. The zero-order chi connectivity index (χ0) is 20.1. The molecule has 1 aliphatic carbocycles. The lowest BCUT2D eigenvalue weighted by Crippen LogP contribution is -2.26. The molecule has 1 N–H and O–H groups in total. The van der Waals surface area contributed by atoms with E-state index in [0.29, 0.717) is 0 Å². The van der Waals surface area contributed by atoms with Crippen molar-refractivity contribution in [1.29, 1.82) is 0 Å². The van der Waals surface area contributed by atoms with Crippen LogP contribution < -0.4 is 4.74 Å². The first-order valence-corrected chi connectivity index (χ1v) is 10.9. The summed E-state index contributed by atoms with van der Waals surface area (Å²) in [6.45, 7) is 2.99. The molecule has 4 rings (SSSR count). The normalized spacial score (nSPS) is 13.7. The highest BCUT2D eigenvalue weighted by Gasteiger charge is 2.42. The van der Waals surface area contributed by atoms with Gasteiger partial charge in [0, 0.05) is 11.1 Å². The third-order valence-corrected chi connectivity index (χ3v) is 5.96. The third-order valence-electron chi connectivity index (χ3n) is 5.96. The maximum absolute atomic E-state index is 11.8. The van der Waals surface area contributed by atoms with Crippen molar-refractivity contribution >= 4 is 0 Å². The molecule has 0 aliphatic heterocycles. The molecule has 150 valence electrons. The number of hydrogen-bond acceptors (Lipinski definition) is 2. The highest BCUT2D eigenvalue weighted by molar-refractivity contribution is 5.82. The Labute approximate surface area is 174 Å². The van der Waals surface area contributed by atoms with E-state index in [-0.39, 0.29) is 0 Å². The summed E-state index contributed by atoms with van der Waals surface area (Å²) in [7, 11) is 0. The van der Waals surface area contributed by atoms with Crippen LogP contribution in [-0.4, -0.2) is 11.7 Å². The Hall–Kier alpha value is -2.58. The Morgan fingerprint density at radius 1 is 0.690 bits per heavy atom. The highest BCUT2D eigenvalue weighted by atomic mass is 16.5. The monoisotopic (exact) mass is 386 g/mol. The number of rotatable bonds is 9. The van der Waals surface area contributed by atoms with Crippen LogP contribution >= 0.6 is 0 Å². The topological polar surface area (TPSA) is 29.5 Å². The molecular formula is C27H30O2. The summed E-state index contributed by atoms with van der Waals surface area (Å²) in [5.41, 5.74) is 3.86. The lowest BCUT2D eigenvalue weighted by molar-refractivity contribution is 0.130. The van der Waals surface area contributed by atoms with Crippen molar-refractivity contribution in [2.45, 2.75) is 51.0 Å². The van der Waals surface area contributed by atoms with Gasteiger partial charge in [-0.25, -0.2) is 0 Å². The molecule has 1 aliphatic rings. The molecular weight excluding hydrogens is 356 g/mol. The summed E-state index contributed by atoms with van der Waals surface area (Å²) in [5, 5.41) is 11.8. The average molecular weight is 387 g/mol. The second-order valence-electron chi connectivity index (χ2n) is 7.94. The van der Waals surface area contributed by atoms with Crippen LogP contribution in [-0.2, 0) is 5.60 Å². The summed E-state index contributed by atoms with van der Waals surface area (Å²) in [6, 6.07) is 24.2. The Balaban J connectivity index is 1.48. The molecule has 0 saturated heterocycles. The number of hydrogen-bond donors (Lipinski definition) is 1. The first kappa shape index (κ1) is 19.7. The van der Waals surface area contributed by atoms with Gasteiger partial charge in [0.15, 0.2) is 0 Å². The molecule has 0 spiro atoms. The van der Waals surface area contributed by atoms with Gasteiger partial charge in [-0.1, -0.05) is 99.7 Å². The Kier molecular flexibility index (Phi) is 6.01. The number of aliphatic hydroxyl groups is 1. The average Bonchev–Trinajstić information content (AvgIpc) is 3.04. The quantitative estimate of drug-likeness (QED) is 0.415. The predicted molar refractivity (Wildman–Crippen MR) is 119 cm³/mol. The van der Waals surface area contributed by atoms with Gasteiger partial charge in [0.05, 0.1) is 6.61 Å². The fourth-order valence-electron chi connectivity index (χ4n) is 4.39. The summed E-state index contributed by atoms with van der Waals surface area (Å²) >= 11 is 0. The fourth-order valence-corrected chi connectivity index (χ4v) is 4.39. The molecule has 0 atom stereocenters. The van der Waals surface area contributed by atoms with E-state index in [4.69, 9.17) is 4.74 Å². The fraction of sp³-hybridized carbons (Fsp3) is 0.333. The molecule has 3 aromatic rings. The van der Waals surface area contributed by atoms with Gasteiger partial charge in [-0.15, -0.1) is 0 Å². The van der Waals surface area contributed by atoms with Crippen molar-refractivity contribution in [3.63, 3.8) is 0 Å². The molecule has 29 heavy (non-hydrogen) atoms. The Morgan fingerprint density at radius 2 is 1.24 bits per heavy atom. The van der Waals surface area contributed by atoms with Crippen LogP contribution in [0.25, 0.3) is 11.1 Å². The second-order valence-corrected chi connectivity index (χ2v) is 7.94. The molecule has 0 radical (unpaired) electrons. The van der Waals surface area contributed by atoms with Crippen LogP contribution in [0.5, 0.6) is 5.75 Å². The summed E-state index contributed by atoms with van der Waals surface area (Å²) in [5.74, 6) is 0.866. The molecule has 2 heteroatoms. The van der Waals surface area contributed by atoms with E-state index in [1.807, 2.05) is 60.7 Å². The number of ether oxygens (including phenoxy) is 1. The minimum Gasteiger partial charge on any atom is -0.494 e. The lowest BCUT2D eigenvalue weighted by atomic mass is 9.84. The maximum atomic E-state index is 11.8. The molecule has 0 aromatic heterocycles. The van der Waals surface area contributed by atoms with E-state index in [9.17, 15) is 5.11 Å². The van der Waals surface area contributed by atoms with Crippen molar-refractivity contribution in [1.82, 2.24) is 0 Å². The molecule has 3 aromatic carbocycles. The lowest BCUT2D eigenvalue weighted by Gasteiger charge is -2.26. The zero-order valence-corrected chi connectivity index (χ0v) is 17.2. The van der Waals surface area contributed by atoms with E-state index in [0.717, 1.165) is 46.6 Å². The van der Waals surface area contributed by atoms with Crippen LogP contribution in [0.1, 0.15) is 62.1 Å². The van der Waals surface area contributed by atoms with Gasteiger partial charge in [0.25, 0.3) is 0 Å². The van der Waals surface area contributed by atoms with Crippen molar-refractivity contribution in [3.8, 4) is 16.9 Å². The summed E-state index contributed by atoms with van der Waals surface area (Å²) in [4.78, 5) is 0. The molecule has 2 nitrogen and oxygen atoms in total. The van der Waals surface area contributed by atoms with Crippen molar-refractivity contribution in [2.24, 2.45) is 0 Å². The minimum atomic E-state index is -1.12. The molecule has 0 bridgehead atoms. The van der Waals surface area contributed by atoms with Gasteiger partial charge in [0.1, 0.15) is 11.4 Å². The molecule has 0 fully saturated rings. The van der Waals surface area contributed by atoms with Gasteiger partial charge >= 0.3 is 0 Å². The van der Waals surface area contributed by atoms with Crippen LogP contribution in [0, 0.1) is 0 Å². The van der Waals surface area contributed by atoms with Gasteiger partial charge in [0.2, 0.25) is 0 Å². The Bertz CT molecular complexity index is 897. The van der Waals surface area contributed by atoms with Gasteiger partial charge < -0.3 is 9.84 Å². The van der Waals surface area contributed by atoms with Crippen LogP contribution in [0.2, 0.25) is 0 Å². The highest BCUT2D eigenvalue weighted by Crippen LogP contribution is 2.50. The van der Waals surface area contributed by atoms with E-state index in [1.165, 1.54) is 32.1 Å². The van der Waals surface area contributed by atoms with Crippen LogP contribution in [0.15, 0.2) is 72.8 Å². The van der Waals surface area contributed by atoms with Gasteiger partial charge in [-0.05, 0) is 35.2 Å². The van der Waals surface area contributed by atoms with E-state index >= 15 is 0 Å². The standard InChI is InChI=1S/C27H30O2/c1-2-3-4-5-6-11-20-29-22-18-16-21(17-19-22)27(28)25-14-9-7-12-23(25)24-13-8-10-15-26(24)27/h7-10,12-19,28H,2-6,11,20H2,1H3. The van der Waals surface area contributed by atoms with E-state index in [1.54, 1.807) is 0 Å². The van der Waals surface area contributed by atoms with Gasteiger partial charge in [-0.2, -0.15) is 0 Å².